The highest BCUT2D eigenvalue weighted by Gasteiger charge is 2.13. The molecule has 0 spiro atoms. The third kappa shape index (κ3) is 3.54. The number of hydrazone groups is 1. The van der Waals surface area contributed by atoms with Crippen LogP contribution < -0.4 is 5.43 Å². The second-order valence-corrected chi connectivity index (χ2v) is 5.98. The molecule has 0 unspecified atom stereocenters. The van der Waals surface area contributed by atoms with Crippen LogP contribution in [0.5, 0.6) is 0 Å². The molecule has 23 heavy (non-hydrogen) atoms. The molecule has 8 heteroatoms. The Kier molecular flexibility index (Phi) is 4.33. The van der Waals surface area contributed by atoms with Crippen molar-refractivity contribution in [3.05, 3.63) is 41.4 Å². The maximum atomic E-state index is 11.9. The van der Waals surface area contributed by atoms with Crippen molar-refractivity contribution in [2.45, 2.75) is 6.42 Å². The number of hydrogen-bond acceptors (Lipinski definition) is 5. The molecule has 3 rings (SSSR count). The highest BCUT2D eigenvalue weighted by molar-refractivity contribution is 7.15. The molecule has 2 heterocycles. The third-order valence-electron chi connectivity index (χ3n) is 3.00. The van der Waals surface area contributed by atoms with Gasteiger partial charge in [-0.05, 0) is 0 Å². The summed E-state index contributed by atoms with van der Waals surface area (Å²) in [7, 11) is 3.66. The van der Waals surface area contributed by atoms with E-state index in [1.807, 2.05) is 49.8 Å². The van der Waals surface area contributed by atoms with E-state index >= 15 is 0 Å². The topological polar surface area (TPSA) is 74.9 Å². The molecule has 0 aliphatic rings. The number of aromatic nitrogens is 3. The maximum Gasteiger partial charge on any atom is 0.246 e. The summed E-state index contributed by atoms with van der Waals surface area (Å²) >= 11 is 1.46. The second kappa shape index (κ2) is 6.57. The van der Waals surface area contributed by atoms with E-state index in [0.717, 1.165) is 16.2 Å². The van der Waals surface area contributed by atoms with E-state index in [2.05, 4.69) is 20.6 Å². The van der Waals surface area contributed by atoms with Crippen LogP contribution in [0.15, 0.2) is 40.8 Å². The van der Waals surface area contributed by atoms with Crippen molar-refractivity contribution < 1.29 is 4.79 Å². The number of carbonyl (C=O) groups excluding carboxylic acids is 1. The summed E-state index contributed by atoms with van der Waals surface area (Å²) < 4.78 is 1.71. The summed E-state index contributed by atoms with van der Waals surface area (Å²) in [5, 5.41) is 10.2. The van der Waals surface area contributed by atoms with Gasteiger partial charge in [0, 0.05) is 25.0 Å². The molecular weight excluding hydrogens is 312 g/mol. The fraction of sp³-hybridized carbons (Fsp3) is 0.200. The number of hydrogen-bond donors (Lipinski definition) is 1. The Morgan fingerprint density at radius 2 is 2.17 bits per heavy atom. The smallest absolute Gasteiger partial charge is 0.246 e. The van der Waals surface area contributed by atoms with Crippen LogP contribution in [0.25, 0.3) is 16.3 Å². The fourth-order valence-electron chi connectivity index (χ4n) is 1.98. The van der Waals surface area contributed by atoms with Crippen LogP contribution in [0.3, 0.4) is 0 Å². The monoisotopic (exact) mass is 328 g/mol. The molecule has 0 bridgehead atoms. The minimum atomic E-state index is -0.195. The molecule has 0 atom stereocenters. The summed E-state index contributed by atoms with van der Waals surface area (Å²) in [5.74, 6) is 0.462. The van der Waals surface area contributed by atoms with Crippen molar-refractivity contribution in [3.8, 4) is 11.4 Å². The van der Waals surface area contributed by atoms with Gasteiger partial charge in [0.15, 0.2) is 5.82 Å². The Morgan fingerprint density at radius 1 is 1.39 bits per heavy atom. The predicted molar refractivity (Wildman–Crippen MR) is 90.3 cm³/mol. The molecule has 1 aromatic carbocycles. The molecule has 1 amide bonds. The first kappa shape index (κ1) is 15.2. The van der Waals surface area contributed by atoms with Crippen LogP contribution in [-0.2, 0) is 11.2 Å². The SMILES string of the molecule is CN(C)/C=N\NC(=O)Cc1csc2nc(-c3ccccc3)nn12. The number of rotatable bonds is 5. The molecule has 1 N–H and O–H groups in total. The lowest BCUT2D eigenvalue weighted by atomic mass is 10.2. The number of thiazole rings is 1. The molecule has 2 aromatic heterocycles. The first-order valence-corrected chi connectivity index (χ1v) is 7.88. The van der Waals surface area contributed by atoms with Gasteiger partial charge in [-0.15, -0.1) is 16.4 Å². The van der Waals surface area contributed by atoms with E-state index < -0.39 is 0 Å². The van der Waals surface area contributed by atoms with Crippen LogP contribution in [0.1, 0.15) is 5.69 Å². The predicted octanol–water partition coefficient (Wildman–Crippen LogP) is 1.62. The van der Waals surface area contributed by atoms with Crippen molar-refractivity contribution in [3.63, 3.8) is 0 Å². The molecule has 0 fully saturated rings. The van der Waals surface area contributed by atoms with E-state index in [1.165, 1.54) is 17.7 Å². The van der Waals surface area contributed by atoms with Crippen molar-refractivity contribution >= 4 is 28.5 Å². The number of amides is 1. The van der Waals surface area contributed by atoms with Gasteiger partial charge in [-0.1, -0.05) is 30.3 Å². The number of benzene rings is 1. The summed E-state index contributed by atoms with van der Waals surface area (Å²) in [6, 6.07) is 9.76. The Hall–Kier alpha value is -2.74. The molecule has 0 saturated carbocycles. The van der Waals surface area contributed by atoms with Gasteiger partial charge >= 0.3 is 0 Å². The Balaban J connectivity index is 1.77. The summed E-state index contributed by atoms with van der Waals surface area (Å²) in [5.41, 5.74) is 4.23. The lowest BCUT2D eigenvalue weighted by Gasteiger charge is -2.02. The van der Waals surface area contributed by atoms with E-state index in [0.29, 0.717) is 5.82 Å². The van der Waals surface area contributed by atoms with Crippen molar-refractivity contribution in [1.82, 2.24) is 24.9 Å². The van der Waals surface area contributed by atoms with Gasteiger partial charge < -0.3 is 4.90 Å². The molecule has 7 nitrogen and oxygen atoms in total. The lowest BCUT2D eigenvalue weighted by molar-refractivity contribution is -0.120. The van der Waals surface area contributed by atoms with Gasteiger partial charge in [0.2, 0.25) is 10.9 Å². The molecule has 3 aromatic rings. The molecule has 118 valence electrons. The maximum absolute atomic E-state index is 11.9. The summed E-state index contributed by atoms with van der Waals surface area (Å²) in [6.45, 7) is 0. The zero-order valence-corrected chi connectivity index (χ0v) is 13.6. The van der Waals surface area contributed by atoms with E-state index in [1.54, 1.807) is 9.42 Å². The normalized spacial score (nSPS) is 11.2. The molecule has 0 saturated heterocycles. The fourth-order valence-corrected chi connectivity index (χ4v) is 2.80. The lowest BCUT2D eigenvalue weighted by Crippen LogP contribution is -2.22. The highest BCUT2D eigenvalue weighted by Crippen LogP contribution is 2.20. The standard InChI is InChI=1S/C15H16N6OS/c1-20(2)10-16-18-13(22)8-12-9-23-15-17-14(19-21(12)15)11-6-4-3-5-7-11/h3-7,9-10H,8H2,1-2H3,(H,18,22)/b16-10-. The number of nitrogens with zero attached hydrogens (tertiary/aromatic N) is 5. The van der Waals surface area contributed by atoms with Gasteiger partial charge in [-0.2, -0.15) is 10.1 Å². The second-order valence-electron chi connectivity index (χ2n) is 5.14. The molecular formula is C15H16N6OS. The van der Waals surface area contributed by atoms with Gasteiger partial charge in [0.1, 0.15) is 6.34 Å². The van der Waals surface area contributed by atoms with Gasteiger partial charge in [0.25, 0.3) is 0 Å². The van der Waals surface area contributed by atoms with Crippen molar-refractivity contribution in [2.75, 3.05) is 14.1 Å². The van der Waals surface area contributed by atoms with Gasteiger partial charge in [0.05, 0.1) is 12.1 Å². The third-order valence-corrected chi connectivity index (χ3v) is 3.87. The zero-order chi connectivity index (χ0) is 16.2. The van der Waals surface area contributed by atoms with Crippen molar-refractivity contribution in [1.29, 1.82) is 0 Å². The number of fused-ring (bicyclic) bond motifs is 1. The number of nitrogens with one attached hydrogen (secondary N) is 1. The van der Waals surface area contributed by atoms with E-state index in [9.17, 15) is 4.79 Å². The van der Waals surface area contributed by atoms with Crippen LogP contribution >= 0.6 is 11.3 Å². The van der Waals surface area contributed by atoms with E-state index in [4.69, 9.17) is 0 Å². The first-order chi connectivity index (χ1) is 11.1. The minimum absolute atomic E-state index is 0.195. The molecule has 0 aliphatic heterocycles. The molecule has 0 aliphatic carbocycles. The van der Waals surface area contributed by atoms with Crippen molar-refractivity contribution in [2.24, 2.45) is 5.10 Å². The average Bonchev–Trinajstić information content (AvgIpc) is 3.10. The number of carbonyl (C=O) groups is 1. The van der Waals surface area contributed by atoms with Gasteiger partial charge in [-0.25, -0.2) is 9.94 Å². The van der Waals surface area contributed by atoms with E-state index in [-0.39, 0.29) is 12.3 Å². The quantitative estimate of drug-likeness (QED) is 0.439. The average molecular weight is 328 g/mol. The summed E-state index contributed by atoms with van der Waals surface area (Å²) in [4.78, 5) is 18.9. The first-order valence-electron chi connectivity index (χ1n) is 7.00. The molecule has 0 radical (unpaired) electrons. The van der Waals surface area contributed by atoms with Crippen LogP contribution in [0.4, 0.5) is 0 Å². The van der Waals surface area contributed by atoms with Crippen LogP contribution in [-0.4, -0.2) is 45.8 Å². The van der Waals surface area contributed by atoms with Gasteiger partial charge in [-0.3, -0.25) is 4.79 Å². The Bertz CT molecular complexity index is 836. The van der Waals surface area contributed by atoms with Crippen LogP contribution in [0, 0.1) is 0 Å². The Labute approximate surface area is 137 Å². The largest absolute Gasteiger partial charge is 0.367 e. The highest BCUT2D eigenvalue weighted by atomic mass is 32.1. The van der Waals surface area contributed by atoms with Crippen LogP contribution in [0.2, 0.25) is 0 Å². The Morgan fingerprint density at radius 3 is 2.91 bits per heavy atom. The summed E-state index contributed by atoms with van der Waals surface area (Å²) in [6.07, 6.45) is 1.73. The zero-order valence-electron chi connectivity index (χ0n) is 12.8. The minimum Gasteiger partial charge on any atom is -0.367 e.